The third-order valence-electron chi connectivity index (χ3n) is 3.32. The van der Waals surface area contributed by atoms with Gasteiger partial charge in [0.15, 0.2) is 11.2 Å². The Bertz CT molecular complexity index is 900. The van der Waals surface area contributed by atoms with Crippen LogP contribution >= 0.6 is 0 Å². The first-order valence-electron chi connectivity index (χ1n) is 6.79. The maximum Gasteiger partial charge on any atom is 0.331 e. The van der Waals surface area contributed by atoms with Crippen LogP contribution in [0.3, 0.4) is 0 Å². The van der Waals surface area contributed by atoms with Gasteiger partial charge >= 0.3 is 17.3 Å². The van der Waals surface area contributed by atoms with Crippen molar-refractivity contribution in [2.24, 2.45) is 0 Å². The van der Waals surface area contributed by atoms with E-state index in [0.717, 1.165) is 10.8 Å². The Balaban J connectivity index is 2.35. The van der Waals surface area contributed by atoms with E-state index in [1.165, 1.54) is 12.3 Å². The number of nitro groups is 4. The van der Waals surface area contributed by atoms with Gasteiger partial charge in [-0.3, -0.25) is 10.1 Å². The van der Waals surface area contributed by atoms with Crippen LogP contribution in [0.5, 0.6) is 0 Å². The van der Waals surface area contributed by atoms with Gasteiger partial charge in [-0.05, 0) is 27.3 Å². The van der Waals surface area contributed by atoms with Gasteiger partial charge in [0.05, 0.1) is 11.1 Å². The molecule has 15 nitrogen and oxygen atoms in total. The number of rotatable bonds is 8. The molecule has 0 atom stereocenters. The molecule has 0 radical (unpaired) electrons. The van der Waals surface area contributed by atoms with Gasteiger partial charge in [-0.25, -0.2) is 14.7 Å². The minimum absolute atomic E-state index is 0.401. The van der Waals surface area contributed by atoms with Crippen molar-refractivity contribution in [3.8, 4) is 0 Å². The predicted octanol–water partition coefficient (Wildman–Crippen LogP) is 1.43. The molecule has 138 valence electrons. The van der Waals surface area contributed by atoms with Gasteiger partial charge in [0.1, 0.15) is 6.07 Å². The van der Waals surface area contributed by atoms with E-state index >= 15 is 0 Å². The van der Waals surface area contributed by atoms with E-state index in [1.807, 2.05) is 0 Å². The van der Waals surface area contributed by atoms with Gasteiger partial charge < -0.3 is 20.2 Å². The zero-order chi connectivity index (χ0) is 19.6. The van der Waals surface area contributed by atoms with Crippen LogP contribution in [0.2, 0.25) is 0 Å². The quantitative estimate of drug-likeness (QED) is 0.490. The number of hydrogen-bond donors (Lipinski definition) is 0. The van der Waals surface area contributed by atoms with E-state index in [0.29, 0.717) is 21.2 Å². The number of aryl methyl sites for hydroxylation is 1. The summed E-state index contributed by atoms with van der Waals surface area (Å²) >= 11 is 0. The normalized spacial score (nSPS) is 10.5. The Morgan fingerprint density at radius 1 is 0.846 bits per heavy atom. The molecule has 0 aliphatic carbocycles. The van der Waals surface area contributed by atoms with Crippen LogP contribution in [0, 0.1) is 47.4 Å². The van der Waals surface area contributed by atoms with Gasteiger partial charge in [0.2, 0.25) is 13.3 Å². The van der Waals surface area contributed by atoms with Crippen molar-refractivity contribution in [2.45, 2.75) is 20.3 Å². The predicted molar refractivity (Wildman–Crippen MR) is 82.4 cm³/mol. The van der Waals surface area contributed by atoms with Crippen molar-refractivity contribution in [3.05, 3.63) is 70.5 Å². The fourth-order valence-corrected chi connectivity index (χ4v) is 2.26. The maximum absolute atomic E-state index is 11.2. The Morgan fingerprint density at radius 2 is 1.35 bits per heavy atom. The fourth-order valence-electron chi connectivity index (χ4n) is 2.26. The lowest BCUT2D eigenvalue weighted by atomic mass is 10.4. The summed E-state index contributed by atoms with van der Waals surface area (Å²) in [5.41, 5.74) is -0.120. The van der Waals surface area contributed by atoms with Crippen molar-refractivity contribution in [3.63, 3.8) is 0 Å². The average Bonchev–Trinajstić information content (AvgIpc) is 3.10. The molecule has 0 unspecified atom stereocenters. The molecule has 2 aromatic heterocycles. The Hall–Kier alpha value is -4.04. The van der Waals surface area contributed by atoms with Crippen molar-refractivity contribution in [2.75, 3.05) is 0 Å². The first kappa shape index (κ1) is 18.3. The molecule has 0 spiro atoms. The average molecular weight is 369 g/mol. The number of aromatic nitrogens is 2. The maximum atomic E-state index is 11.2. The smallest absolute Gasteiger partial charge is 0.331 e. The number of hydrogen-bond acceptors (Lipinski definition) is 8. The third-order valence-corrected chi connectivity index (χ3v) is 3.32. The summed E-state index contributed by atoms with van der Waals surface area (Å²) in [4.78, 5) is 41.5. The highest BCUT2D eigenvalue weighted by Crippen LogP contribution is 2.24. The summed E-state index contributed by atoms with van der Waals surface area (Å²) in [6.07, 6.45) is 2.09. The fraction of sp³-hybridized carbons (Fsp3) is 0.273. The van der Waals surface area contributed by atoms with Crippen LogP contribution in [0.1, 0.15) is 5.56 Å². The van der Waals surface area contributed by atoms with Crippen LogP contribution in [0.4, 0.5) is 17.3 Å². The van der Waals surface area contributed by atoms with Gasteiger partial charge in [-0.2, -0.15) is 4.57 Å². The highest BCUT2D eigenvalue weighted by molar-refractivity contribution is 5.39. The van der Waals surface area contributed by atoms with Gasteiger partial charge in [-0.1, -0.05) is 0 Å². The molecule has 2 aromatic rings. The van der Waals surface area contributed by atoms with Crippen molar-refractivity contribution in [1.82, 2.24) is 14.1 Å². The highest BCUT2D eigenvalue weighted by Gasteiger charge is 2.30. The van der Waals surface area contributed by atoms with Crippen molar-refractivity contribution in [1.29, 1.82) is 0 Å². The Kier molecular flexibility index (Phi) is 4.81. The number of hydrazine groups is 1. The molecule has 0 fully saturated rings. The summed E-state index contributed by atoms with van der Waals surface area (Å²) in [7, 11) is 0. The molecule has 0 N–H and O–H groups in total. The second kappa shape index (κ2) is 6.83. The van der Waals surface area contributed by atoms with E-state index in [9.17, 15) is 40.5 Å². The van der Waals surface area contributed by atoms with Gasteiger partial charge in [-0.15, -0.1) is 0 Å². The molecule has 0 saturated carbocycles. The minimum Gasteiger partial charge on any atom is -0.358 e. The van der Waals surface area contributed by atoms with Gasteiger partial charge in [0.25, 0.3) is 0 Å². The molecule has 0 aliphatic heterocycles. The topological polar surface area (TPSA) is 186 Å². The van der Waals surface area contributed by atoms with E-state index in [2.05, 4.69) is 0 Å². The zero-order valence-corrected chi connectivity index (χ0v) is 13.1. The lowest BCUT2D eigenvalue weighted by molar-refractivity contribution is -0.671. The summed E-state index contributed by atoms with van der Waals surface area (Å²) < 4.78 is 1.70. The van der Waals surface area contributed by atoms with Crippen LogP contribution in [-0.2, 0) is 13.3 Å². The minimum atomic E-state index is -0.923. The van der Waals surface area contributed by atoms with Crippen molar-refractivity contribution >= 4 is 17.3 Å². The van der Waals surface area contributed by atoms with E-state index < -0.39 is 50.5 Å². The summed E-state index contributed by atoms with van der Waals surface area (Å²) in [5, 5.41) is 43.5. The van der Waals surface area contributed by atoms with Crippen LogP contribution < -0.4 is 0 Å². The SMILES string of the molecule is Cc1cc([N+](=O)[O-])n(CN(Cn2cc([N+](=O)[O-])cc2[N+](=O)[O-])[N+](=O)[O-])c1. The second-order valence-corrected chi connectivity index (χ2v) is 5.17. The molecule has 0 bridgehead atoms. The van der Waals surface area contributed by atoms with E-state index in [-0.39, 0.29) is 0 Å². The summed E-state index contributed by atoms with van der Waals surface area (Å²) in [6, 6.07) is 1.88. The molecule has 0 aromatic carbocycles. The molecule has 2 heterocycles. The molecule has 0 saturated heterocycles. The first-order valence-corrected chi connectivity index (χ1v) is 6.79. The van der Waals surface area contributed by atoms with Crippen LogP contribution in [0.25, 0.3) is 0 Å². The highest BCUT2D eigenvalue weighted by atomic mass is 16.7. The summed E-state index contributed by atoms with van der Waals surface area (Å²) in [6.45, 7) is 0.228. The largest absolute Gasteiger partial charge is 0.358 e. The van der Waals surface area contributed by atoms with Crippen LogP contribution in [-0.4, -0.2) is 33.9 Å². The molecular weight excluding hydrogens is 358 g/mol. The summed E-state index contributed by atoms with van der Waals surface area (Å²) in [5.74, 6) is -1.12. The molecule has 2 rings (SSSR count). The van der Waals surface area contributed by atoms with E-state index in [4.69, 9.17) is 0 Å². The molecule has 26 heavy (non-hydrogen) atoms. The monoisotopic (exact) mass is 369 g/mol. The third kappa shape index (κ3) is 3.71. The lowest BCUT2D eigenvalue weighted by Gasteiger charge is -2.11. The standard InChI is InChI=1S/C11H11N7O8/c1-8-2-10(16(21)22)12(4-8)6-14(18(25)26)7-13-5-9(15(19)20)3-11(13)17(23)24/h2-5H,6-7H2,1H3. The molecule has 0 aliphatic rings. The number of nitrogens with zero attached hydrogens (tertiary/aromatic N) is 7. The molecule has 15 heteroatoms. The Labute approximate surface area is 143 Å². The van der Waals surface area contributed by atoms with Crippen molar-refractivity contribution < 1.29 is 19.8 Å². The molecule has 0 amide bonds. The van der Waals surface area contributed by atoms with E-state index in [1.54, 1.807) is 6.92 Å². The zero-order valence-electron chi connectivity index (χ0n) is 13.1. The molecular formula is C11H11N7O8. The first-order chi connectivity index (χ1) is 12.1. The Morgan fingerprint density at radius 3 is 1.81 bits per heavy atom. The van der Waals surface area contributed by atoms with Crippen LogP contribution in [0.15, 0.2) is 24.5 Å². The second-order valence-electron chi connectivity index (χ2n) is 5.17. The van der Waals surface area contributed by atoms with Gasteiger partial charge in [0, 0.05) is 6.07 Å². The lowest BCUT2D eigenvalue weighted by Crippen LogP contribution is -2.34.